The van der Waals surface area contributed by atoms with E-state index in [1.165, 1.54) is 0 Å². The number of likely N-dealkylation sites (tertiary alicyclic amines) is 1. The van der Waals surface area contributed by atoms with E-state index in [1.54, 1.807) is 11.4 Å². The van der Waals surface area contributed by atoms with Crippen LogP contribution < -0.4 is 4.74 Å². The summed E-state index contributed by atoms with van der Waals surface area (Å²) in [6.45, 7) is 6.06. The summed E-state index contributed by atoms with van der Waals surface area (Å²) in [6, 6.07) is 7.77. The second-order valence-electron chi connectivity index (χ2n) is 7.86. The minimum Gasteiger partial charge on any atom is -0.497 e. The van der Waals surface area contributed by atoms with Gasteiger partial charge in [0.2, 0.25) is 15.9 Å². The fraction of sp³-hybridized carbons (Fsp3) is 0.650. The first kappa shape index (κ1) is 20.1. The van der Waals surface area contributed by atoms with Crippen LogP contribution in [0.25, 0.3) is 0 Å². The minimum absolute atomic E-state index is 0.0427. The van der Waals surface area contributed by atoms with Crippen molar-refractivity contribution in [1.82, 2.24) is 9.21 Å². The molecule has 1 amide bonds. The largest absolute Gasteiger partial charge is 0.497 e. The Morgan fingerprint density at radius 1 is 1.26 bits per heavy atom. The smallest absolute Gasteiger partial charge is 0.225 e. The van der Waals surface area contributed by atoms with E-state index in [9.17, 15) is 13.2 Å². The van der Waals surface area contributed by atoms with Crippen LogP contribution >= 0.6 is 0 Å². The van der Waals surface area contributed by atoms with Gasteiger partial charge in [-0.3, -0.25) is 4.79 Å². The van der Waals surface area contributed by atoms with E-state index >= 15 is 0 Å². The van der Waals surface area contributed by atoms with Crippen LogP contribution in [-0.4, -0.2) is 62.1 Å². The van der Waals surface area contributed by atoms with E-state index in [0.717, 1.165) is 17.7 Å². The number of carbonyl (C=O) groups excluding carboxylic acids is 1. The van der Waals surface area contributed by atoms with E-state index in [2.05, 4.69) is 0 Å². The third kappa shape index (κ3) is 4.29. The molecule has 0 aliphatic carbocycles. The van der Waals surface area contributed by atoms with Crippen LogP contribution in [0.4, 0.5) is 0 Å². The van der Waals surface area contributed by atoms with E-state index < -0.39 is 10.0 Å². The number of benzene rings is 1. The van der Waals surface area contributed by atoms with Gasteiger partial charge < -0.3 is 9.64 Å². The number of carbonyl (C=O) groups is 1. The molecule has 0 saturated carbocycles. The highest BCUT2D eigenvalue weighted by Gasteiger charge is 2.46. The second kappa shape index (κ2) is 8.19. The molecule has 1 aromatic rings. The van der Waals surface area contributed by atoms with Gasteiger partial charge in [-0.15, -0.1) is 0 Å². The topological polar surface area (TPSA) is 66.9 Å². The van der Waals surface area contributed by atoms with E-state index in [-0.39, 0.29) is 23.0 Å². The fourth-order valence-electron chi connectivity index (χ4n) is 4.18. The molecule has 150 valence electrons. The van der Waals surface area contributed by atoms with Crippen LogP contribution in [0, 0.1) is 11.8 Å². The van der Waals surface area contributed by atoms with Crippen molar-refractivity contribution >= 4 is 15.9 Å². The molecule has 0 bridgehead atoms. The average molecular weight is 395 g/mol. The maximum atomic E-state index is 13.0. The molecule has 0 radical (unpaired) electrons. The van der Waals surface area contributed by atoms with Gasteiger partial charge in [0.15, 0.2) is 0 Å². The van der Waals surface area contributed by atoms with Gasteiger partial charge in [0.1, 0.15) is 5.75 Å². The molecule has 3 rings (SSSR count). The summed E-state index contributed by atoms with van der Waals surface area (Å²) in [5.74, 6) is 0.989. The van der Waals surface area contributed by atoms with Crippen molar-refractivity contribution in [3.63, 3.8) is 0 Å². The molecule has 2 saturated heterocycles. The van der Waals surface area contributed by atoms with Crippen molar-refractivity contribution in [2.75, 3.05) is 33.3 Å². The molecular weight excluding hydrogens is 364 g/mol. The first-order chi connectivity index (χ1) is 12.8. The molecule has 0 aromatic heterocycles. The Morgan fingerprint density at radius 2 is 2.00 bits per heavy atom. The zero-order chi connectivity index (χ0) is 19.6. The summed E-state index contributed by atoms with van der Waals surface area (Å²) < 4.78 is 33.0. The van der Waals surface area contributed by atoms with Crippen molar-refractivity contribution in [1.29, 1.82) is 0 Å². The van der Waals surface area contributed by atoms with Gasteiger partial charge in [-0.25, -0.2) is 12.7 Å². The van der Waals surface area contributed by atoms with Crippen molar-refractivity contribution in [3.05, 3.63) is 29.8 Å². The second-order valence-corrected chi connectivity index (χ2v) is 10.0. The van der Waals surface area contributed by atoms with Crippen LogP contribution in [0.3, 0.4) is 0 Å². The lowest BCUT2D eigenvalue weighted by atomic mass is 10.0. The quantitative estimate of drug-likeness (QED) is 0.767. The molecule has 7 heteroatoms. The number of sulfonamides is 1. The Hall–Kier alpha value is -1.60. The number of fused-ring (bicyclic) bond motifs is 1. The maximum absolute atomic E-state index is 13.0. The number of hydrogen-bond donors (Lipinski definition) is 0. The van der Waals surface area contributed by atoms with E-state index in [1.807, 2.05) is 43.0 Å². The number of rotatable bonds is 5. The molecule has 2 aliphatic rings. The number of amides is 1. The average Bonchev–Trinajstić information content (AvgIpc) is 2.79. The molecule has 2 fully saturated rings. The van der Waals surface area contributed by atoms with Crippen LogP contribution in [0.1, 0.15) is 32.3 Å². The van der Waals surface area contributed by atoms with Gasteiger partial charge in [0, 0.05) is 32.1 Å². The van der Waals surface area contributed by atoms with Gasteiger partial charge in [-0.2, -0.15) is 0 Å². The minimum atomic E-state index is -3.30. The molecule has 2 heterocycles. The van der Waals surface area contributed by atoms with Crippen LogP contribution in [0.2, 0.25) is 0 Å². The van der Waals surface area contributed by atoms with Crippen LogP contribution in [-0.2, 0) is 21.2 Å². The normalized spacial score (nSPS) is 25.3. The lowest BCUT2D eigenvalue weighted by molar-refractivity contribution is -0.134. The van der Waals surface area contributed by atoms with Crippen LogP contribution in [0.15, 0.2) is 24.3 Å². The predicted octanol–water partition coefficient (Wildman–Crippen LogP) is 2.15. The monoisotopic (exact) mass is 394 g/mol. The lowest BCUT2D eigenvalue weighted by Crippen LogP contribution is -2.37. The van der Waals surface area contributed by atoms with Crippen molar-refractivity contribution < 1.29 is 17.9 Å². The summed E-state index contributed by atoms with van der Waals surface area (Å²) >= 11 is 0. The molecule has 1 aromatic carbocycles. The SMILES string of the molecule is COc1cccc(CCN2C[C@H]3CCN(C(=O)C(C)C)CC[C@H]3S2(=O)=O)c1. The van der Waals surface area contributed by atoms with Crippen molar-refractivity contribution in [3.8, 4) is 5.75 Å². The van der Waals surface area contributed by atoms with Gasteiger partial charge in [0.25, 0.3) is 0 Å². The third-order valence-electron chi connectivity index (χ3n) is 5.75. The van der Waals surface area contributed by atoms with Crippen molar-refractivity contribution in [2.24, 2.45) is 11.8 Å². The summed E-state index contributed by atoms with van der Waals surface area (Å²) in [4.78, 5) is 14.1. The first-order valence-corrected chi connectivity index (χ1v) is 11.2. The molecule has 2 atom stereocenters. The Balaban J connectivity index is 1.64. The van der Waals surface area contributed by atoms with E-state index in [0.29, 0.717) is 39.0 Å². The molecule has 0 spiro atoms. The number of nitrogens with zero attached hydrogens (tertiary/aromatic N) is 2. The third-order valence-corrected chi connectivity index (χ3v) is 8.19. The molecule has 6 nitrogen and oxygen atoms in total. The lowest BCUT2D eigenvalue weighted by Gasteiger charge is -2.23. The Labute approximate surface area is 162 Å². The highest BCUT2D eigenvalue weighted by molar-refractivity contribution is 7.90. The maximum Gasteiger partial charge on any atom is 0.225 e. The fourth-order valence-corrected chi connectivity index (χ4v) is 6.42. The Morgan fingerprint density at radius 3 is 2.70 bits per heavy atom. The predicted molar refractivity (Wildman–Crippen MR) is 105 cm³/mol. The van der Waals surface area contributed by atoms with Crippen molar-refractivity contribution in [2.45, 2.75) is 38.4 Å². The highest BCUT2D eigenvalue weighted by Crippen LogP contribution is 2.34. The summed E-state index contributed by atoms with van der Waals surface area (Å²) in [5, 5.41) is -0.354. The molecular formula is C20H30N2O4S. The highest BCUT2D eigenvalue weighted by atomic mass is 32.2. The number of ether oxygens (including phenoxy) is 1. The summed E-state index contributed by atoms with van der Waals surface area (Å²) in [5.41, 5.74) is 1.07. The number of hydrogen-bond acceptors (Lipinski definition) is 4. The molecule has 27 heavy (non-hydrogen) atoms. The van der Waals surface area contributed by atoms with Gasteiger partial charge in [0.05, 0.1) is 12.4 Å². The summed E-state index contributed by atoms with van der Waals surface area (Å²) in [6.07, 6.45) is 1.98. The zero-order valence-electron chi connectivity index (χ0n) is 16.4. The first-order valence-electron chi connectivity index (χ1n) is 9.73. The standard InChI is InChI=1S/C20H30N2O4S/c1-15(2)20(23)21-10-8-17-14-22(27(24,25)19(17)9-11-21)12-7-16-5-4-6-18(13-16)26-3/h4-6,13,15,17,19H,7-12,14H2,1-3H3/t17-,19-/m1/s1. The molecule has 2 aliphatic heterocycles. The van der Waals surface area contributed by atoms with Gasteiger partial charge >= 0.3 is 0 Å². The zero-order valence-corrected chi connectivity index (χ0v) is 17.2. The molecule has 0 unspecified atom stereocenters. The Kier molecular flexibility index (Phi) is 6.11. The van der Waals surface area contributed by atoms with Gasteiger partial charge in [-0.05, 0) is 42.9 Å². The summed E-state index contributed by atoms with van der Waals surface area (Å²) in [7, 11) is -1.67. The van der Waals surface area contributed by atoms with Gasteiger partial charge in [-0.1, -0.05) is 26.0 Å². The van der Waals surface area contributed by atoms with E-state index in [4.69, 9.17) is 4.74 Å². The Bertz CT molecular complexity index is 778. The van der Waals surface area contributed by atoms with Crippen LogP contribution in [0.5, 0.6) is 5.75 Å². The number of methoxy groups -OCH3 is 1. The molecule has 0 N–H and O–H groups in total.